The van der Waals surface area contributed by atoms with Crippen molar-refractivity contribution in [3.63, 3.8) is 0 Å². The number of anilines is 1. The van der Waals surface area contributed by atoms with Crippen molar-refractivity contribution in [2.24, 2.45) is 5.92 Å². The molecule has 1 aliphatic rings. The molecule has 1 aliphatic carbocycles. The topological polar surface area (TPSA) is 32.3 Å². The number of hydrogen-bond donors (Lipinski definition) is 1. The van der Waals surface area contributed by atoms with E-state index in [9.17, 15) is 4.79 Å². The Morgan fingerprint density at radius 3 is 2.42 bits per heavy atom. The van der Waals surface area contributed by atoms with E-state index in [-0.39, 0.29) is 5.91 Å². The molecular formula is C16H24N2O. The minimum absolute atomic E-state index is 0.160. The molecule has 1 N–H and O–H groups in total. The van der Waals surface area contributed by atoms with Gasteiger partial charge in [0.05, 0.1) is 6.54 Å². The molecule has 0 aromatic heterocycles. The summed E-state index contributed by atoms with van der Waals surface area (Å²) in [5, 5.41) is 3.27. The van der Waals surface area contributed by atoms with Crippen molar-refractivity contribution in [2.75, 3.05) is 24.5 Å². The summed E-state index contributed by atoms with van der Waals surface area (Å²) in [6.45, 7) is 8.30. The molecule has 0 saturated heterocycles. The van der Waals surface area contributed by atoms with Crippen LogP contribution in [0.5, 0.6) is 0 Å². The fourth-order valence-electron chi connectivity index (χ4n) is 2.41. The van der Waals surface area contributed by atoms with Gasteiger partial charge in [-0.2, -0.15) is 0 Å². The van der Waals surface area contributed by atoms with Crippen molar-refractivity contribution < 1.29 is 4.79 Å². The lowest BCUT2D eigenvalue weighted by atomic mass is 10.1. The summed E-state index contributed by atoms with van der Waals surface area (Å²) in [6.07, 6.45) is 2.63. The first-order valence-corrected chi connectivity index (χ1v) is 7.19. The van der Waals surface area contributed by atoms with Crippen LogP contribution in [0.3, 0.4) is 0 Å². The van der Waals surface area contributed by atoms with Crippen LogP contribution in [-0.2, 0) is 4.79 Å². The Morgan fingerprint density at radius 2 is 1.89 bits per heavy atom. The van der Waals surface area contributed by atoms with Crippen LogP contribution in [0.1, 0.15) is 30.9 Å². The number of benzene rings is 1. The molecular weight excluding hydrogens is 236 g/mol. The lowest BCUT2D eigenvalue weighted by molar-refractivity contribution is -0.117. The monoisotopic (exact) mass is 260 g/mol. The van der Waals surface area contributed by atoms with Gasteiger partial charge < -0.3 is 10.2 Å². The second-order valence-corrected chi connectivity index (χ2v) is 5.56. The zero-order chi connectivity index (χ0) is 13.8. The molecule has 2 rings (SSSR count). The Bertz CT molecular complexity index is 432. The lowest BCUT2D eigenvalue weighted by Gasteiger charge is -2.22. The van der Waals surface area contributed by atoms with Gasteiger partial charge in [0.25, 0.3) is 0 Å². The number of carbonyl (C=O) groups is 1. The number of nitrogens with one attached hydrogen (secondary N) is 1. The summed E-state index contributed by atoms with van der Waals surface area (Å²) in [5.41, 5.74) is 3.41. The van der Waals surface area contributed by atoms with Crippen molar-refractivity contribution in [3.05, 3.63) is 29.3 Å². The van der Waals surface area contributed by atoms with Gasteiger partial charge in [-0.25, -0.2) is 0 Å². The van der Waals surface area contributed by atoms with E-state index in [1.54, 1.807) is 0 Å². The van der Waals surface area contributed by atoms with Gasteiger partial charge in [0.1, 0.15) is 0 Å². The summed E-state index contributed by atoms with van der Waals surface area (Å²) in [7, 11) is 0. The predicted molar refractivity (Wildman–Crippen MR) is 79.5 cm³/mol. The number of aryl methyl sites for hydroxylation is 2. The smallest absolute Gasteiger partial charge is 0.240 e. The van der Waals surface area contributed by atoms with E-state index in [0.29, 0.717) is 13.1 Å². The van der Waals surface area contributed by atoms with Gasteiger partial charge in [0.15, 0.2) is 0 Å². The fraction of sp³-hybridized carbons (Fsp3) is 0.562. The summed E-state index contributed by atoms with van der Waals surface area (Å²) >= 11 is 0. The molecule has 1 fully saturated rings. The van der Waals surface area contributed by atoms with Crippen molar-refractivity contribution >= 4 is 11.6 Å². The second kappa shape index (κ2) is 6.20. The normalized spacial score (nSPS) is 14.5. The number of amides is 1. The first-order valence-electron chi connectivity index (χ1n) is 7.19. The third kappa shape index (κ3) is 4.06. The maximum absolute atomic E-state index is 12.3. The highest BCUT2D eigenvalue weighted by Crippen LogP contribution is 2.27. The Kier molecular flexibility index (Phi) is 4.59. The molecule has 0 radical (unpaired) electrons. The minimum Gasteiger partial charge on any atom is -0.312 e. The average Bonchev–Trinajstić information content (AvgIpc) is 3.12. The van der Waals surface area contributed by atoms with E-state index in [2.05, 4.69) is 37.4 Å². The first kappa shape index (κ1) is 14.1. The van der Waals surface area contributed by atoms with Crippen LogP contribution in [-0.4, -0.2) is 25.5 Å². The Labute approximate surface area is 116 Å². The molecule has 3 heteroatoms. The van der Waals surface area contributed by atoms with Crippen molar-refractivity contribution in [1.29, 1.82) is 0 Å². The summed E-state index contributed by atoms with van der Waals surface area (Å²) in [5.74, 6) is 0.970. The largest absolute Gasteiger partial charge is 0.312 e. The molecule has 1 saturated carbocycles. The van der Waals surface area contributed by atoms with Gasteiger partial charge in [0, 0.05) is 12.2 Å². The van der Waals surface area contributed by atoms with Crippen LogP contribution in [0.25, 0.3) is 0 Å². The third-order valence-electron chi connectivity index (χ3n) is 3.54. The molecule has 0 atom stereocenters. The molecule has 1 amide bonds. The molecule has 0 heterocycles. The van der Waals surface area contributed by atoms with Crippen LogP contribution >= 0.6 is 0 Å². The SMILES string of the molecule is CCN(C(=O)CNCC1CC1)c1cc(C)cc(C)c1. The van der Waals surface area contributed by atoms with E-state index >= 15 is 0 Å². The molecule has 3 nitrogen and oxygen atoms in total. The fourth-order valence-corrected chi connectivity index (χ4v) is 2.41. The van der Waals surface area contributed by atoms with Crippen molar-refractivity contribution in [3.8, 4) is 0 Å². The molecule has 0 aliphatic heterocycles. The van der Waals surface area contributed by atoms with E-state index in [1.807, 2.05) is 11.8 Å². The third-order valence-corrected chi connectivity index (χ3v) is 3.54. The van der Waals surface area contributed by atoms with E-state index in [4.69, 9.17) is 0 Å². The molecule has 1 aromatic carbocycles. The van der Waals surface area contributed by atoms with Gasteiger partial charge >= 0.3 is 0 Å². The standard InChI is InChI=1S/C16H24N2O/c1-4-18(15-8-12(2)7-13(3)9-15)16(19)11-17-10-14-5-6-14/h7-9,14,17H,4-6,10-11H2,1-3H3. The Morgan fingerprint density at radius 1 is 1.26 bits per heavy atom. The highest BCUT2D eigenvalue weighted by molar-refractivity contribution is 5.94. The summed E-state index contributed by atoms with van der Waals surface area (Å²) in [4.78, 5) is 14.1. The summed E-state index contributed by atoms with van der Waals surface area (Å²) in [6, 6.07) is 6.29. The summed E-state index contributed by atoms with van der Waals surface area (Å²) < 4.78 is 0. The minimum atomic E-state index is 0.160. The van der Waals surface area contributed by atoms with Crippen LogP contribution in [0.15, 0.2) is 18.2 Å². The van der Waals surface area contributed by atoms with Crippen molar-refractivity contribution in [1.82, 2.24) is 5.32 Å². The maximum Gasteiger partial charge on any atom is 0.240 e. The zero-order valence-corrected chi connectivity index (χ0v) is 12.2. The highest BCUT2D eigenvalue weighted by atomic mass is 16.2. The van der Waals surface area contributed by atoms with E-state index < -0.39 is 0 Å². The molecule has 0 unspecified atom stereocenters. The van der Waals surface area contributed by atoms with Crippen LogP contribution in [0.4, 0.5) is 5.69 Å². The highest BCUT2D eigenvalue weighted by Gasteiger charge is 2.21. The second-order valence-electron chi connectivity index (χ2n) is 5.56. The molecule has 0 spiro atoms. The molecule has 1 aromatic rings. The van der Waals surface area contributed by atoms with Gasteiger partial charge in [-0.1, -0.05) is 6.07 Å². The van der Waals surface area contributed by atoms with Gasteiger partial charge in [-0.05, 0) is 69.3 Å². The first-order chi connectivity index (χ1) is 9.10. The maximum atomic E-state index is 12.3. The van der Waals surface area contributed by atoms with E-state index in [0.717, 1.165) is 18.2 Å². The zero-order valence-electron chi connectivity index (χ0n) is 12.2. The Hall–Kier alpha value is -1.35. The number of carbonyl (C=O) groups excluding carboxylic acids is 1. The Balaban J connectivity index is 1.98. The van der Waals surface area contributed by atoms with Gasteiger partial charge in [-0.15, -0.1) is 0 Å². The van der Waals surface area contributed by atoms with Gasteiger partial charge in [-0.3, -0.25) is 4.79 Å². The van der Waals surface area contributed by atoms with Crippen LogP contribution in [0, 0.1) is 19.8 Å². The molecule has 104 valence electrons. The molecule has 19 heavy (non-hydrogen) atoms. The van der Waals surface area contributed by atoms with Crippen LogP contribution in [0.2, 0.25) is 0 Å². The van der Waals surface area contributed by atoms with Gasteiger partial charge in [0.2, 0.25) is 5.91 Å². The lowest BCUT2D eigenvalue weighted by Crippen LogP contribution is -2.38. The number of hydrogen-bond acceptors (Lipinski definition) is 2. The van der Waals surface area contributed by atoms with Crippen LogP contribution < -0.4 is 10.2 Å². The predicted octanol–water partition coefficient (Wildman–Crippen LogP) is 2.66. The average molecular weight is 260 g/mol. The number of nitrogens with zero attached hydrogens (tertiary/aromatic N) is 1. The quantitative estimate of drug-likeness (QED) is 0.853. The van der Waals surface area contributed by atoms with Crippen molar-refractivity contribution in [2.45, 2.75) is 33.6 Å². The number of likely N-dealkylation sites (N-methyl/N-ethyl adjacent to an activating group) is 1. The number of rotatable bonds is 6. The molecule has 0 bridgehead atoms. The van der Waals surface area contributed by atoms with E-state index in [1.165, 1.54) is 24.0 Å².